The van der Waals surface area contributed by atoms with Crippen LogP contribution in [-0.4, -0.2) is 51.9 Å². The van der Waals surface area contributed by atoms with Crippen molar-refractivity contribution in [2.24, 2.45) is 0 Å². The van der Waals surface area contributed by atoms with E-state index in [1.165, 1.54) is 73.7 Å². The molecule has 0 aromatic heterocycles. The van der Waals surface area contributed by atoms with Crippen LogP contribution in [0, 0.1) is 5.82 Å². The Morgan fingerprint density at radius 1 is 1.05 bits per heavy atom. The molecule has 0 aliphatic rings. The maximum atomic E-state index is 13.8. The van der Waals surface area contributed by atoms with Crippen LogP contribution in [-0.2, 0) is 26.2 Å². The van der Waals surface area contributed by atoms with Gasteiger partial charge in [-0.2, -0.15) is 0 Å². The van der Waals surface area contributed by atoms with Crippen molar-refractivity contribution in [1.82, 2.24) is 10.2 Å². The van der Waals surface area contributed by atoms with E-state index < -0.39 is 40.2 Å². The summed E-state index contributed by atoms with van der Waals surface area (Å²) in [6.07, 6.45) is 0.270. The molecule has 0 heterocycles. The lowest BCUT2D eigenvalue weighted by Crippen LogP contribution is -2.51. The highest BCUT2D eigenvalue weighted by molar-refractivity contribution is 7.92. The molecule has 0 bridgehead atoms. The zero-order valence-corrected chi connectivity index (χ0v) is 22.8. The van der Waals surface area contributed by atoms with Gasteiger partial charge in [-0.25, -0.2) is 12.8 Å². The normalized spacial score (nSPS) is 11.9. The third kappa shape index (κ3) is 6.62. The van der Waals surface area contributed by atoms with Crippen LogP contribution in [0.3, 0.4) is 0 Å². The second kappa shape index (κ2) is 12.7. The van der Waals surface area contributed by atoms with E-state index in [0.717, 1.165) is 4.31 Å². The number of hydrogen-bond donors (Lipinski definition) is 1. The highest BCUT2D eigenvalue weighted by atomic mass is 35.5. The number of sulfonamides is 1. The minimum Gasteiger partial charge on any atom is -0.495 e. The summed E-state index contributed by atoms with van der Waals surface area (Å²) in [6, 6.07) is 16.7. The first kappa shape index (κ1) is 28.9. The molecule has 8 nitrogen and oxygen atoms in total. The van der Waals surface area contributed by atoms with Gasteiger partial charge in [-0.15, -0.1) is 0 Å². The van der Waals surface area contributed by atoms with Gasteiger partial charge in [0.1, 0.15) is 24.2 Å². The Kier molecular flexibility index (Phi) is 9.71. The van der Waals surface area contributed by atoms with Crippen LogP contribution >= 0.6 is 11.6 Å². The predicted octanol–water partition coefficient (Wildman–Crippen LogP) is 4.24. The van der Waals surface area contributed by atoms with Crippen molar-refractivity contribution < 1.29 is 27.1 Å². The lowest BCUT2D eigenvalue weighted by atomic mass is 10.1. The standard InChI is InChI=1S/C27H29ClFN3O5S/c1-4-24(27(34)30-2)31(17-19-10-12-20(29)13-11-19)26(33)18-32(21-14-15-25(37-3)23(28)16-21)38(35,36)22-8-6-5-7-9-22/h5-16,24H,4,17-18H2,1-3H3,(H,30,34)/t24-/m1/s1. The molecular formula is C27H29ClFN3O5S. The summed E-state index contributed by atoms with van der Waals surface area (Å²) < 4.78 is 47.1. The summed E-state index contributed by atoms with van der Waals surface area (Å²) in [6.45, 7) is 1.09. The van der Waals surface area contributed by atoms with Gasteiger partial charge in [-0.3, -0.25) is 13.9 Å². The van der Waals surface area contributed by atoms with Crippen LogP contribution in [0.5, 0.6) is 5.75 Å². The average Bonchev–Trinajstić information content (AvgIpc) is 2.92. The van der Waals surface area contributed by atoms with Gasteiger partial charge < -0.3 is 15.0 Å². The maximum absolute atomic E-state index is 13.8. The molecule has 0 saturated heterocycles. The van der Waals surface area contributed by atoms with Gasteiger partial charge in [0.15, 0.2) is 0 Å². The highest BCUT2D eigenvalue weighted by Gasteiger charge is 2.33. The van der Waals surface area contributed by atoms with Crippen molar-refractivity contribution in [3.63, 3.8) is 0 Å². The second-order valence-corrected chi connectivity index (χ2v) is 10.6. The van der Waals surface area contributed by atoms with E-state index in [1.54, 1.807) is 25.1 Å². The van der Waals surface area contributed by atoms with Crippen molar-refractivity contribution in [2.45, 2.75) is 30.8 Å². The molecule has 38 heavy (non-hydrogen) atoms. The third-order valence-electron chi connectivity index (χ3n) is 5.93. The fourth-order valence-electron chi connectivity index (χ4n) is 3.93. The molecule has 0 radical (unpaired) electrons. The van der Waals surface area contributed by atoms with E-state index >= 15 is 0 Å². The number of anilines is 1. The number of methoxy groups -OCH3 is 1. The molecular weight excluding hydrogens is 533 g/mol. The number of ether oxygens (including phenoxy) is 1. The summed E-state index contributed by atoms with van der Waals surface area (Å²) in [5, 5.41) is 2.71. The van der Waals surface area contributed by atoms with Gasteiger partial charge in [-0.05, 0) is 54.4 Å². The van der Waals surface area contributed by atoms with E-state index in [-0.39, 0.29) is 28.6 Å². The Labute approximate surface area is 227 Å². The lowest BCUT2D eigenvalue weighted by molar-refractivity contribution is -0.140. The number of hydrogen-bond acceptors (Lipinski definition) is 5. The molecule has 11 heteroatoms. The number of nitrogens with one attached hydrogen (secondary N) is 1. The molecule has 0 spiro atoms. The molecule has 1 N–H and O–H groups in total. The molecule has 0 saturated carbocycles. The van der Waals surface area contributed by atoms with E-state index in [0.29, 0.717) is 11.3 Å². The van der Waals surface area contributed by atoms with Gasteiger partial charge in [-0.1, -0.05) is 48.9 Å². The van der Waals surface area contributed by atoms with Crippen LogP contribution in [0.25, 0.3) is 0 Å². The Morgan fingerprint density at radius 2 is 1.71 bits per heavy atom. The molecule has 0 unspecified atom stereocenters. The number of likely N-dealkylation sites (N-methyl/N-ethyl adjacent to an activating group) is 1. The predicted molar refractivity (Wildman–Crippen MR) is 144 cm³/mol. The quantitative estimate of drug-likeness (QED) is 0.378. The van der Waals surface area contributed by atoms with E-state index in [4.69, 9.17) is 16.3 Å². The summed E-state index contributed by atoms with van der Waals surface area (Å²) in [4.78, 5) is 27.8. The lowest BCUT2D eigenvalue weighted by Gasteiger charge is -2.33. The van der Waals surface area contributed by atoms with E-state index in [9.17, 15) is 22.4 Å². The highest BCUT2D eigenvalue weighted by Crippen LogP contribution is 2.32. The molecule has 3 rings (SSSR count). The monoisotopic (exact) mass is 561 g/mol. The number of rotatable bonds is 11. The van der Waals surface area contributed by atoms with Crippen LogP contribution in [0.1, 0.15) is 18.9 Å². The van der Waals surface area contributed by atoms with E-state index in [2.05, 4.69) is 5.32 Å². The van der Waals surface area contributed by atoms with Crippen LogP contribution in [0.15, 0.2) is 77.7 Å². The number of carbonyl (C=O) groups is 2. The molecule has 0 fully saturated rings. The Bertz CT molecular complexity index is 1370. The third-order valence-corrected chi connectivity index (χ3v) is 8.02. The van der Waals surface area contributed by atoms with Crippen LogP contribution in [0.4, 0.5) is 10.1 Å². The number of halogens is 2. The van der Waals surface area contributed by atoms with Gasteiger partial charge in [0.25, 0.3) is 10.0 Å². The first-order valence-corrected chi connectivity index (χ1v) is 13.6. The minimum atomic E-state index is -4.22. The number of carbonyl (C=O) groups excluding carboxylic acids is 2. The molecule has 1 atom stereocenters. The Morgan fingerprint density at radius 3 is 2.26 bits per heavy atom. The van der Waals surface area contributed by atoms with Crippen molar-refractivity contribution in [3.05, 3.63) is 89.2 Å². The average molecular weight is 562 g/mol. The molecule has 2 amide bonds. The van der Waals surface area contributed by atoms with Crippen LogP contribution in [0.2, 0.25) is 5.02 Å². The second-order valence-electron chi connectivity index (χ2n) is 8.33. The Balaban J connectivity index is 2.07. The first-order chi connectivity index (χ1) is 18.1. The topological polar surface area (TPSA) is 96.0 Å². The van der Waals surface area contributed by atoms with Gasteiger partial charge >= 0.3 is 0 Å². The maximum Gasteiger partial charge on any atom is 0.264 e. The van der Waals surface area contributed by atoms with Crippen molar-refractivity contribution in [3.8, 4) is 5.75 Å². The molecule has 0 aliphatic carbocycles. The minimum absolute atomic E-state index is 0.0248. The molecule has 0 aliphatic heterocycles. The van der Waals surface area contributed by atoms with Gasteiger partial charge in [0.2, 0.25) is 11.8 Å². The zero-order valence-electron chi connectivity index (χ0n) is 21.2. The summed E-state index contributed by atoms with van der Waals surface area (Å²) in [5.41, 5.74) is 0.717. The number of nitrogens with zero attached hydrogens (tertiary/aromatic N) is 2. The molecule has 3 aromatic carbocycles. The fourth-order valence-corrected chi connectivity index (χ4v) is 5.61. The SMILES string of the molecule is CC[C@H](C(=O)NC)N(Cc1ccc(F)cc1)C(=O)CN(c1ccc(OC)c(Cl)c1)S(=O)(=O)c1ccccc1. The summed E-state index contributed by atoms with van der Waals surface area (Å²) >= 11 is 6.30. The van der Waals surface area contributed by atoms with Crippen LogP contribution < -0.4 is 14.4 Å². The molecule has 3 aromatic rings. The smallest absolute Gasteiger partial charge is 0.264 e. The molecule has 202 valence electrons. The summed E-state index contributed by atoms with van der Waals surface area (Å²) in [5.74, 6) is -1.15. The van der Waals surface area contributed by atoms with Gasteiger partial charge in [0, 0.05) is 13.6 Å². The van der Waals surface area contributed by atoms with Crippen molar-refractivity contribution >= 4 is 39.1 Å². The van der Waals surface area contributed by atoms with Crippen molar-refractivity contribution in [1.29, 1.82) is 0 Å². The van der Waals surface area contributed by atoms with E-state index in [1.807, 2.05) is 0 Å². The largest absolute Gasteiger partial charge is 0.495 e. The zero-order chi connectivity index (χ0) is 27.9. The van der Waals surface area contributed by atoms with Gasteiger partial charge in [0.05, 0.1) is 22.7 Å². The summed E-state index contributed by atoms with van der Waals surface area (Å²) in [7, 11) is -1.33. The fraction of sp³-hybridized carbons (Fsp3) is 0.259. The van der Waals surface area contributed by atoms with Crippen molar-refractivity contribution in [2.75, 3.05) is 25.0 Å². The number of amides is 2. The Hall–Kier alpha value is -3.63. The number of benzene rings is 3. The first-order valence-electron chi connectivity index (χ1n) is 11.8.